The number of aromatic nitrogens is 2. The van der Waals surface area contributed by atoms with E-state index in [-0.39, 0.29) is 6.01 Å². The molecule has 7 nitrogen and oxygen atoms in total. The Bertz CT molecular complexity index is 850. The topological polar surface area (TPSA) is 79.0 Å². The zero-order chi connectivity index (χ0) is 17.6. The minimum atomic E-state index is 0.160. The van der Waals surface area contributed by atoms with E-state index in [1.54, 1.807) is 39.7 Å². The van der Waals surface area contributed by atoms with Gasteiger partial charge in [0, 0.05) is 17.3 Å². The van der Waals surface area contributed by atoms with Crippen molar-refractivity contribution < 1.29 is 18.6 Å². The highest BCUT2D eigenvalue weighted by molar-refractivity contribution is 5.83. The molecular formula is C18H17N3O4. The number of hydrogen-bond donors (Lipinski definition) is 0. The van der Waals surface area contributed by atoms with E-state index >= 15 is 0 Å². The molecule has 128 valence electrons. The Labute approximate surface area is 144 Å². The van der Waals surface area contributed by atoms with Crippen LogP contribution in [-0.2, 0) is 0 Å². The molecule has 0 bridgehead atoms. The first-order valence-corrected chi connectivity index (χ1v) is 7.48. The maximum atomic E-state index is 5.54. The quantitative estimate of drug-likeness (QED) is 0.639. The van der Waals surface area contributed by atoms with Gasteiger partial charge in [-0.25, -0.2) is 4.99 Å². The number of benzene rings is 2. The number of aliphatic imine (C=N–C) groups is 1. The molecule has 1 aromatic heterocycles. The van der Waals surface area contributed by atoms with E-state index in [2.05, 4.69) is 15.2 Å². The van der Waals surface area contributed by atoms with E-state index in [9.17, 15) is 0 Å². The molecule has 0 saturated heterocycles. The SMILES string of the molecule is COc1cc(/C=N/c2nnc(-c3ccccc3)o2)cc(OC)c1OC. The van der Waals surface area contributed by atoms with E-state index < -0.39 is 0 Å². The van der Waals surface area contributed by atoms with Gasteiger partial charge in [0.25, 0.3) is 0 Å². The molecule has 1 heterocycles. The van der Waals surface area contributed by atoms with Gasteiger partial charge in [-0.15, -0.1) is 5.10 Å². The summed E-state index contributed by atoms with van der Waals surface area (Å²) >= 11 is 0. The van der Waals surface area contributed by atoms with Crippen LogP contribution in [0.4, 0.5) is 6.01 Å². The molecule has 7 heteroatoms. The molecule has 0 aliphatic rings. The molecular weight excluding hydrogens is 322 g/mol. The summed E-state index contributed by atoms with van der Waals surface area (Å²) in [5.41, 5.74) is 1.58. The Morgan fingerprint density at radius 2 is 1.60 bits per heavy atom. The van der Waals surface area contributed by atoms with Crippen molar-refractivity contribution >= 4 is 12.2 Å². The van der Waals surface area contributed by atoms with Crippen molar-refractivity contribution in [1.82, 2.24) is 10.2 Å². The van der Waals surface area contributed by atoms with Crippen molar-refractivity contribution in [2.24, 2.45) is 4.99 Å². The highest BCUT2D eigenvalue weighted by atomic mass is 16.5. The normalized spacial score (nSPS) is 10.8. The van der Waals surface area contributed by atoms with Gasteiger partial charge < -0.3 is 18.6 Å². The van der Waals surface area contributed by atoms with Crippen LogP contribution in [0, 0.1) is 0 Å². The van der Waals surface area contributed by atoms with Crippen LogP contribution in [0.5, 0.6) is 17.2 Å². The summed E-state index contributed by atoms with van der Waals surface area (Å²) in [5, 5.41) is 7.92. The highest BCUT2D eigenvalue weighted by Crippen LogP contribution is 2.37. The Hall–Kier alpha value is -3.35. The van der Waals surface area contributed by atoms with E-state index in [0.717, 1.165) is 11.1 Å². The van der Waals surface area contributed by atoms with Crippen molar-refractivity contribution in [1.29, 1.82) is 0 Å². The first kappa shape index (κ1) is 16.5. The average Bonchev–Trinajstić information content (AvgIpc) is 3.15. The monoisotopic (exact) mass is 339 g/mol. The van der Waals surface area contributed by atoms with Crippen LogP contribution in [0.15, 0.2) is 51.9 Å². The van der Waals surface area contributed by atoms with Gasteiger partial charge in [-0.1, -0.05) is 23.3 Å². The lowest BCUT2D eigenvalue weighted by Gasteiger charge is -2.12. The number of nitrogens with zero attached hydrogens (tertiary/aromatic N) is 3. The largest absolute Gasteiger partial charge is 0.493 e. The van der Waals surface area contributed by atoms with Gasteiger partial charge in [0.2, 0.25) is 11.6 Å². The number of methoxy groups -OCH3 is 3. The van der Waals surface area contributed by atoms with Crippen molar-refractivity contribution in [3.63, 3.8) is 0 Å². The summed E-state index contributed by atoms with van der Waals surface area (Å²) in [6.45, 7) is 0. The first-order chi connectivity index (χ1) is 12.2. The molecule has 0 N–H and O–H groups in total. The summed E-state index contributed by atoms with van der Waals surface area (Å²) in [6, 6.07) is 13.2. The highest BCUT2D eigenvalue weighted by Gasteiger charge is 2.12. The van der Waals surface area contributed by atoms with Gasteiger partial charge in [0.05, 0.1) is 21.3 Å². The minimum Gasteiger partial charge on any atom is -0.493 e. The van der Waals surface area contributed by atoms with Gasteiger partial charge in [-0.3, -0.25) is 0 Å². The van der Waals surface area contributed by atoms with Crippen LogP contribution in [0.25, 0.3) is 11.5 Å². The molecule has 3 aromatic rings. The molecule has 0 atom stereocenters. The Kier molecular flexibility index (Phi) is 4.94. The zero-order valence-corrected chi connectivity index (χ0v) is 14.1. The Balaban J connectivity index is 1.86. The van der Waals surface area contributed by atoms with E-state index in [4.69, 9.17) is 18.6 Å². The molecule has 3 rings (SSSR count). The van der Waals surface area contributed by atoms with Crippen molar-refractivity contribution in [3.05, 3.63) is 48.0 Å². The predicted octanol–water partition coefficient (Wildman–Crippen LogP) is 3.51. The second-order valence-electron chi connectivity index (χ2n) is 4.97. The van der Waals surface area contributed by atoms with Crippen LogP contribution >= 0.6 is 0 Å². The third-order valence-corrected chi connectivity index (χ3v) is 3.45. The van der Waals surface area contributed by atoms with E-state index in [1.165, 1.54) is 0 Å². The molecule has 0 radical (unpaired) electrons. The fourth-order valence-corrected chi connectivity index (χ4v) is 2.27. The maximum Gasteiger partial charge on any atom is 0.342 e. The van der Waals surface area contributed by atoms with Crippen LogP contribution in [0.1, 0.15) is 5.56 Å². The third kappa shape index (κ3) is 3.60. The second kappa shape index (κ2) is 7.48. The summed E-state index contributed by atoms with van der Waals surface area (Å²) in [5.74, 6) is 2.02. The molecule has 0 spiro atoms. The molecule has 0 aliphatic heterocycles. The Morgan fingerprint density at radius 1 is 0.920 bits per heavy atom. The van der Waals surface area contributed by atoms with Gasteiger partial charge in [-0.2, -0.15) is 0 Å². The maximum absolute atomic E-state index is 5.54. The number of rotatable bonds is 6. The number of ether oxygens (including phenoxy) is 3. The van der Waals surface area contributed by atoms with E-state index in [0.29, 0.717) is 23.1 Å². The third-order valence-electron chi connectivity index (χ3n) is 3.45. The molecule has 0 amide bonds. The van der Waals surface area contributed by atoms with Gasteiger partial charge in [0.15, 0.2) is 11.5 Å². The fraction of sp³-hybridized carbons (Fsp3) is 0.167. The van der Waals surface area contributed by atoms with Gasteiger partial charge in [-0.05, 0) is 24.3 Å². The molecule has 0 saturated carbocycles. The fourth-order valence-electron chi connectivity index (χ4n) is 2.27. The summed E-state index contributed by atoms with van der Waals surface area (Å²) < 4.78 is 21.5. The van der Waals surface area contributed by atoms with Crippen molar-refractivity contribution in [3.8, 4) is 28.7 Å². The lowest BCUT2D eigenvalue weighted by atomic mass is 10.2. The Morgan fingerprint density at radius 3 is 2.20 bits per heavy atom. The zero-order valence-electron chi connectivity index (χ0n) is 14.1. The average molecular weight is 339 g/mol. The molecule has 25 heavy (non-hydrogen) atoms. The molecule has 0 fully saturated rings. The second-order valence-corrected chi connectivity index (χ2v) is 4.97. The van der Waals surface area contributed by atoms with E-state index in [1.807, 2.05) is 30.3 Å². The van der Waals surface area contributed by atoms with Crippen LogP contribution < -0.4 is 14.2 Å². The summed E-state index contributed by atoms with van der Waals surface area (Å²) in [6.07, 6.45) is 1.59. The lowest BCUT2D eigenvalue weighted by molar-refractivity contribution is 0.324. The van der Waals surface area contributed by atoms with Crippen LogP contribution in [0.2, 0.25) is 0 Å². The smallest absolute Gasteiger partial charge is 0.342 e. The van der Waals surface area contributed by atoms with Crippen LogP contribution in [0.3, 0.4) is 0 Å². The predicted molar refractivity (Wildman–Crippen MR) is 93.1 cm³/mol. The first-order valence-electron chi connectivity index (χ1n) is 7.48. The summed E-state index contributed by atoms with van der Waals surface area (Å²) in [4.78, 5) is 4.21. The molecule has 0 aliphatic carbocycles. The molecule has 0 unspecified atom stereocenters. The standard InChI is InChI=1S/C18H17N3O4/c1-22-14-9-12(10-15(23-2)16(14)24-3)11-19-18-21-20-17(25-18)13-7-5-4-6-8-13/h4-11H,1-3H3/b19-11+. The van der Waals surface area contributed by atoms with Crippen molar-refractivity contribution in [2.75, 3.05) is 21.3 Å². The van der Waals surface area contributed by atoms with Crippen LogP contribution in [-0.4, -0.2) is 37.7 Å². The van der Waals surface area contributed by atoms with Gasteiger partial charge >= 0.3 is 6.01 Å². The number of hydrogen-bond acceptors (Lipinski definition) is 7. The van der Waals surface area contributed by atoms with Gasteiger partial charge in [0.1, 0.15) is 0 Å². The minimum absolute atomic E-state index is 0.160. The lowest BCUT2D eigenvalue weighted by Crippen LogP contribution is -1.96. The molecule has 2 aromatic carbocycles. The summed E-state index contributed by atoms with van der Waals surface area (Å²) in [7, 11) is 4.67. The van der Waals surface area contributed by atoms with Crippen molar-refractivity contribution in [2.45, 2.75) is 0 Å².